The summed E-state index contributed by atoms with van der Waals surface area (Å²) in [6, 6.07) is 0. The SMILES string of the molecule is N/C(=N/O)c1nonc1Cl. The van der Waals surface area contributed by atoms with E-state index in [4.69, 9.17) is 22.5 Å². The number of aromatic nitrogens is 2. The van der Waals surface area contributed by atoms with E-state index in [1.807, 2.05) is 0 Å². The van der Waals surface area contributed by atoms with Crippen molar-refractivity contribution in [2.24, 2.45) is 10.9 Å². The molecule has 0 amide bonds. The van der Waals surface area contributed by atoms with E-state index < -0.39 is 0 Å². The van der Waals surface area contributed by atoms with E-state index >= 15 is 0 Å². The molecular weight excluding hydrogens is 160 g/mol. The van der Waals surface area contributed by atoms with Crippen molar-refractivity contribution < 1.29 is 9.84 Å². The van der Waals surface area contributed by atoms with Gasteiger partial charge in [-0.15, -0.1) is 0 Å². The molecule has 7 heteroatoms. The van der Waals surface area contributed by atoms with Crippen LogP contribution in [0.1, 0.15) is 5.69 Å². The van der Waals surface area contributed by atoms with E-state index in [-0.39, 0.29) is 16.7 Å². The van der Waals surface area contributed by atoms with Crippen LogP contribution in [-0.4, -0.2) is 21.4 Å². The molecule has 1 rings (SSSR count). The Morgan fingerprint density at radius 2 is 2.40 bits per heavy atom. The van der Waals surface area contributed by atoms with Gasteiger partial charge in [-0.1, -0.05) is 16.8 Å². The second kappa shape index (κ2) is 2.53. The predicted molar refractivity (Wildman–Crippen MR) is 31.8 cm³/mol. The van der Waals surface area contributed by atoms with Crippen molar-refractivity contribution in [2.75, 3.05) is 0 Å². The van der Waals surface area contributed by atoms with E-state index in [2.05, 4.69) is 20.1 Å². The molecule has 0 unspecified atom stereocenters. The molecule has 0 aliphatic heterocycles. The maximum Gasteiger partial charge on any atom is 0.204 e. The van der Waals surface area contributed by atoms with Gasteiger partial charge in [0.15, 0.2) is 11.5 Å². The Balaban J connectivity index is 3.05. The Hall–Kier alpha value is -1.30. The Kier molecular flexibility index (Phi) is 1.72. The smallest absolute Gasteiger partial charge is 0.204 e. The molecule has 1 aromatic heterocycles. The van der Waals surface area contributed by atoms with E-state index in [0.717, 1.165) is 0 Å². The van der Waals surface area contributed by atoms with Crippen LogP contribution in [0.25, 0.3) is 0 Å². The fourth-order valence-corrected chi connectivity index (χ4v) is 0.540. The fraction of sp³-hybridized carbons (Fsp3) is 0. The largest absolute Gasteiger partial charge is 0.409 e. The van der Waals surface area contributed by atoms with Crippen LogP contribution in [0, 0.1) is 0 Å². The summed E-state index contributed by atoms with van der Waals surface area (Å²) in [6.45, 7) is 0. The van der Waals surface area contributed by atoms with E-state index in [9.17, 15) is 0 Å². The second-order valence-corrected chi connectivity index (χ2v) is 1.75. The van der Waals surface area contributed by atoms with Crippen LogP contribution in [-0.2, 0) is 0 Å². The number of nitrogens with zero attached hydrogens (tertiary/aromatic N) is 3. The molecule has 3 N–H and O–H groups in total. The molecule has 0 aliphatic carbocycles. The molecule has 6 nitrogen and oxygen atoms in total. The molecule has 0 radical (unpaired) electrons. The van der Waals surface area contributed by atoms with Crippen LogP contribution in [0.5, 0.6) is 0 Å². The Morgan fingerprint density at radius 3 is 2.80 bits per heavy atom. The minimum Gasteiger partial charge on any atom is -0.409 e. The molecule has 0 fully saturated rings. The number of rotatable bonds is 1. The van der Waals surface area contributed by atoms with Gasteiger partial charge in [-0.3, -0.25) is 0 Å². The molecule has 0 saturated carbocycles. The molecule has 0 spiro atoms. The monoisotopic (exact) mass is 162 g/mol. The molecule has 0 bridgehead atoms. The van der Waals surface area contributed by atoms with Gasteiger partial charge in [-0.2, -0.15) is 0 Å². The molecule has 10 heavy (non-hydrogen) atoms. The van der Waals surface area contributed by atoms with Crippen LogP contribution in [0.3, 0.4) is 0 Å². The maximum absolute atomic E-state index is 8.13. The van der Waals surface area contributed by atoms with Gasteiger partial charge in [0.05, 0.1) is 0 Å². The lowest BCUT2D eigenvalue weighted by Crippen LogP contribution is -2.13. The summed E-state index contributed by atoms with van der Waals surface area (Å²) in [5.74, 6) is -0.230. The fourth-order valence-electron chi connectivity index (χ4n) is 0.378. The average molecular weight is 163 g/mol. The summed E-state index contributed by atoms with van der Waals surface area (Å²) in [5, 5.41) is 17.2. The molecule has 0 atom stereocenters. The minimum absolute atomic E-state index is 0.0316. The standard InChI is InChI=1S/C3H3ClN4O2/c4-2-1(3(5)6-9)7-10-8-2/h9H,(H2,5,6). The summed E-state index contributed by atoms with van der Waals surface area (Å²) in [7, 11) is 0. The third-order valence-corrected chi connectivity index (χ3v) is 1.05. The van der Waals surface area contributed by atoms with Crippen molar-refractivity contribution in [3.8, 4) is 0 Å². The molecule has 54 valence electrons. The zero-order valence-electron chi connectivity index (χ0n) is 4.65. The normalized spacial score (nSPS) is 11.9. The quantitative estimate of drug-likeness (QED) is 0.258. The first-order valence-electron chi connectivity index (χ1n) is 2.21. The molecule has 1 aromatic rings. The minimum atomic E-state index is -0.230. The third kappa shape index (κ3) is 1.01. The number of hydrogen-bond acceptors (Lipinski definition) is 5. The molecule has 1 heterocycles. The van der Waals surface area contributed by atoms with Crippen molar-refractivity contribution in [2.45, 2.75) is 0 Å². The Labute approximate surface area is 60.2 Å². The summed E-state index contributed by atoms with van der Waals surface area (Å²) in [5.41, 5.74) is 5.12. The van der Waals surface area contributed by atoms with Gasteiger partial charge in [-0.25, -0.2) is 4.63 Å². The number of nitrogens with two attached hydrogens (primary N) is 1. The first-order valence-corrected chi connectivity index (χ1v) is 2.59. The van der Waals surface area contributed by atoms with Crippen molar-refractivity contribution >= 4 is 17.4 Å². The van der Waals surface area contributed by atoms with Gasteiger partial charge in [-0.05, 0) is 10.3 Å². The van der Waals surface area contributed by atoms with Gasteiger partial charge in [0.25, 0.3) is 0 Å². The topological polar surface area (TPSA) is 97.5 Å². The third-order valence-electron chi connectivity index (χ3n) is 0.799. The Morgan fingerprint density at radius 1 is 1.70 bits per heavy atom. The predicted octanol–water partition coefficient (Wildman–Crippen LogP) is -0.183. The molecule has 0 saturated heterocycles. The highest BCUT2D eigenvalue weighted by Crippen LogP contribution is 2.07. The molecule has 0 aromatic carbocycles. The van der Waals surface area contributed by atoms with Crippen molar-refractivity contribution in [1.82, 2.24) is 10.3 Å². The van der Waals surface area contributed by atoms with E-state index in [1.165, 1.54) is 0 Å². The number of oxime groups is 1. The van der Waals surface area contributed by atoms with Crippen LogP contribution < -0.4 is 5.73 Å². The van der Waals surface area contributed by atoms with Gasteiger partial charge in [0, 0.05) is 0 Å². The lowest BCUT2D eigenvalue weighted by Gasteiger charge is -1.86. The lowest BCUT2D eigenvalue weighted by atomic mass is 10.4. The lowest BCUT2D eigenvalue weighted by molar-refractivity contribution is 0.303. The maximum atomic E-state index is 8.13. The highest BCUT2D eigenvalue weighted by atomic mass is 35.5. The molecule has 0 aliphatic rings. The average Bonchev–Trinajstić information content (AvgIpc) is 2.34. The number of hydrogen-bond donors (Lipinski definition) is 2. The Bertz CT molecular complexity index is 257. The van der Waals surface area contributed by atoms with Crippen LogP contribution >= 0.6 is 11.6 Å². The van der Waals surface area contributed by atoms with Crippen LogP contribution in [0.15, 0.2) is 9.78 Å². The van der Waals surface area contributed by atoms with Gasteiger partial charge in [0.1, 0.15) is 0 Å². The van der Waals surface area contributed by atoms with Gasteiger partial charge in [0.2, 0.25) is 5.15 Å². The summed E-state index contributed by atoms with van der Waals surface area (Å²) >= 11 is 5.37. The molecular formula is C3H3ClN4O2. The number of amidine groups is 1. The van der Waals surface area contributed by atoms with Crippen molar-refractivity contribution in [3.63, 3.8) is 0 Å². The second-order valence-electron chi connectivity index (χ2n) is 1.39. The number of halogens is 1. The first kappa shape index (κ1) is 6.81. The highest BCUT2D eigenvalue weighted by molar-refractivity contribution is 6.32. The van der Waals surface area contributed by atoms with Gasteiger partial charge >= 0.3 is 0 Å². The van der Waals surface area contributed by atoms with Crippen LogP contribution in [0.2, 0.25) is 5.15 Å². The van der Waals surface area contributed by atoms with E-state index in [1.54, 1.807) is 0 Å². The van der Waals surface area contributed by atoms with Crippen molar-refractivity contribution in [3.05, 3.63) is 10.8 Å². The summed E-state index contributed by atoms with van der Waals surface area (Å²) < 4.78 is 4.16. The zero-order valence-corrected chi connectivity index (χ0v) is 5.41. The van der Waals surface area contributed by atoms with E-state index in [0.29, 0.717) is 0 Å². The first-order chi connectivity index (χ1) is 4.75. The zero-order chi connectivity index (χ0) is 7.56. The highest BCUT2D eigenvalue weighted by Gasteiger charge is 2.10. The van der Waals surface area contributed by atoms with Crippen molar-refractivity contribution in [1.29, 1.82) is 0 Å². The summed E-state index contributed by atoms with van der Waals surface area (Å²) in [6.07, 6.45) is 0. The summed E-state index contributed by atoms with van der Waals surface area (Å²) in [4.78, 5) is 0. The van der Waals surface area contributed by atoms with Crippen LogP contribution in [0.4, 0.5) is 0 Å². The van der Waals surface area contributed by atoms with Gasteiger partial charge < -0.3 is 10.9 Å².